The second kappa shape index (κ2) is 8.00. The predicted octanol–water partition coefficient (Wildman–Crippen LogP) is -0.259. The first-order chi connectivity index (χ1) is 9.49. The fourth-order valence-corrected chi connectivity index (χ4v) is 1.49. The van der Waals surface area contributed by atoms with Gasteiger partial charge >= 0.3 is 6.03 Å². The number of carbonyl (C=O) groups excluding carboxylic acids is 3. The fraction of sp³-hybridized carbons (Fsp3) is 0.250. The molecular formula is C12H15ClN4O3. The van der Waals surface area contributed by atoms with Crippen LogP contribution >= 0.6 is 11.6 Å². The molecule has 0 atom stereocenters. The van der Waals surface area contributed by atoms with Crippen LogP contribution in [0.5, 0.6) is 0 Å². The van der Waals surface area contributed by atoms with E-state index in [1.54, 1.807) is 18.2 Å². The van der Waals surface area contributed by atoms with Gasteiger partial charge in [0, 0.05) is 11.6 Å². The van der Waals surface area contributed by atoms with Gasteiger partial charge in [0.05, 0.1) is 13.1 Å². The summed E-state index contributed by atoms with van der Waals surface area (Å²) in [5, 5.41) is 7.64. The molecule has 0 fully saturated rings. The van der Waals surface area contributed by atoms with E-state index in [0.29, 0.717) is 5.02 Å². The standard InChI is InChI=1S/C12H15ClN4O3/c13-9-4-2-1-3-8(9)5-15-11(19)7-17-12(20)16-6-10(14)18/h1-4H,5-7H2,(H2,14,18)(H,15,19)(H2,16,17,20). The lowest BCUT2D eigenvalue weighted by Crippen LogP contribution is -2.44. The molecule has 0 spiro atoms. The first kappa shape index (κ1) is 15.8. The average molecular weight is 299 g/mol. The summed E-state index contributed by atoms with van der Waals surface area (Å²) in [6, 6.07) is 6.46. The second-order valence-corrected chi connectivity index (χ2v) is 4.28. The molecule has 0 aliphatic carbocycles. The van der Waals surface area contributed by atoms with E-state index in [0.717, 1.165) is 5.56 Å². The Bertz CT molecular complexity index is 507. The lowest BCUT2D eigenvalue weighted by molar-refractivity contribution is -0.120. The lowest BCUT2D eigenvalue weighted by Gasteiger charge is -2.08. The first-order valence-electron chi connectivity index (χ1n) is 5.79. The van der Waals surface area contributed by atoms with Crippen molar-refractivity contribution in [3.8, 4) is 0 Å². The van der Waals surface area contributed by atoms with E-state index < -0.39 is 11.9 Å². The molecule has 108 valence electrons. The number of carbonyl (C=O) groups is 3. The number of nitrogens with one attached hydrogen (secondary N) is 3. The molecule has 8 heteroatoms. The van der Waals surface area contributed by atoms with Crippen molar-refractivity contribution in [2.24, 2.45) is 5.73 Å². The highest BCUT2D eigenvalue weighted by atomic mass is 35.5. The number of halogens is 1. The average Bonchev–Trinajstić information content (AvgIpc) is 2.42. The Hall–Kier alpha value is -2.28. The Balaban J connectivity index is 2.25. The van der Waals surface area contributed by atoms with Gasteiger partial charge in [0.15, 0.2) is 0 Å². The van der Waals surface area contributed by atoms with Crippen molar-refractivity contribution in [3.63, 3.8) is 0 Å². The lowest BCUT2D eigenvalue weighted by atomic mass is 10.2. The van der Waals surface area contributed by atoms with Crippen LogP contribution in [-0.2, 0) is 16.1 Å². The highest BCUT2D eigenvalue weighted by Crippen LogP contribution is 2.13. The quantitative estimate of drug-likeness (QED) is 0.580. The van der Waals surface area contributed by atoms with Crippen molar-refractivity contribution in [1.82, 2.24) is 16.0 Å². The van der Waals surface area contributed by atoms with E-state index in [9.17, 15) is 14.4 Å². The Morgan fingerprint density at radius 3 is 2.35 bits per heavy atom. The van der Waals surface area contributed by atoms with Crippen LogP contribution in [0, 0.1) is 0 Å². The van der Waals surface area contributed by atoms with E-state index in [4.69, 9.17) is 17.3 Å². The smallest absolute Gasteiger partial charge is 0.315 e. The molecule has 0 aromatic heterocycles. The molecule has 0 aliphatic rings. The first-order valence-corrected chi connectivity index (χ1v) is 6.17. The van der Waals surface area contributed by atoms with Gasteiger partial charge in [-0.1, -0.05) is 29.8 Å². The summed E-state index contributed by atoms with van der Waals surface area (Å²) in [5.41, 5.74) is 5.63. The van der Waals surface area contributed by atoms with Gasteiger partial charge < -0.3 is 21.7 Å². The molecule has 7 nitrogen and oxygen atoms in total. The topological polar surface area (TPSA) is 113 Å². The zero-order valence-corrected chi connectivity index (χ0v) is 11.4. The molecule has 0 heterocycles. The van der Waals surface area contributed by atoms with Gasteiger partial charge in [0.1, 0.15) is 0 Å². The molecule has 4 amide bonds. The van der Waals surface area contributed by atoms with Gasteiger partial charge in [-0.25, -0.2) is 4.79 Å². The van der Waals surface area contributed by atoms with E-state index in [1.165, 1.54) is 0 Å². The van der Waals surface area contributed by atoms with E-state index >= 15 is 0 Å². The van der Waals surface area contributed by atoms with Crippen LogP contribution in [0.4, 0.5) is 4.79 Å². The number of benzene rings is 1. The van der Waals surface area contributed by atoms with Crippen molar-refractivity contribution < 1.29 is 14.4 Å². The molecule has 0 saturated heterocycles. The number of nitrogens with two attached hydrogens (primary N) is 1. The molecule has 0 radical (unpaired) electrons. The molecule has 1 aromatic carbocycles. The van der Waals surface area contributed by atoms with Crippen LogP contribution in [0.15, 0.2) is 24.3 Å². The fourth-order valence-electron chi connectivity index (χ4n) is 1.29. The van der Waals surface area contributed by atoms with Crippen molar-refractivity contribution in [2.45, 2.75) is 6.54 Å². The molecule has 1 rings (SSSR count). The van der Waals surface area contributed by atoms with Crippen molar-refractivity contribution in [3.05, 3.63) is 34.9 Å². The Kier molecular flexibility index (Phi) is 6.31. The summed E-state index contributed by atoms with van der Waals surface area (Å²) in [6.07, 6.45) is 0. The van der Waals surface area contributed by atoms with Gasteiger partial charge in [-0.05, 0) is 11.6 Å². The molecular weight excluding hydrogens is 284 g/mol. The maximum atomic E-state index is 11.5. The maximum Gasteiger partial charge on any atom is 0.315 e. The normalized spacial score (nSPS) is 9.65. The van der Waals surface area contributed by atoms with Crippen LogP contribution in [0.1, 0.15) is 5.56 Å². The van der Waals surface area contributed by atoms with E-state index in [-0.39, 0.29) is 25.5 Å². The minimum absolute atomic E-state index is 0.213. The number of urea groups is 1. The summed E-state index contributed by atoms with van der Waals surface area (Å²) < 4.78 is 0. The molecule has 0 aliphatic heterocycles. The Labute approximate surface area is 120 Å². The number of hydrogen-bond donors (Lipinski definition) is 4. The zero-order valence-electron chi connectivity index (χ0n) is 10.6. The van der Waals surface area contributed by atoms with Gasteiger partial charge in [-0.15, -0.1) is 0 Å². The minimum atomic E-state index is -0.664. The van der Waals surface area contributed by atoms with Crippen molar-refractivity contribution in [1.29, 1.82) is 0 Å². The van der Waals surface area contributed by atoms with Crippen molar-refractivity contribution in [2.75, 3.05) is 13.1 Å². The Morgan fingerprint density at radius 1 is 1.05 bits per heavy atom. The van der Waals surface area contributed by atoms with E-state index in [1.807, 2.05) is 6.07 Å². The van der Waals surface area contributed by atoms with Crippen LogP contribution in [0.3, 0.4) is 0 Å². The van der Waals surface area contributed by atoms with E-state index in [2.05, 4.69) is 16.0 Å². The van der Waals surface area contributed by atoms with Gasteiger partial charge in [-0.2, -0.15) is 0 Å². The summed E-state index contributed by atoms with van der Waals surface area (Å²) >= 11 is 5.93. The third-order valence-corrected chi connectivity index (χ3v) is 2.64. The molecule has 20 heavy (non-hydrogen) atoms. The second-order valence-electron chi connectivity index (χ2n) is 3.87. The summed E-state index contributed by atoms with van der Waals surface area (Å²) in [4.78, 5) is 33.1. The number of primary amides is 1. The Morgan fingerprint density at radius 2 is 1.70 bits per heavy atom. The van der Waals surface area contributed by atoms with Crippen molar-refractivity contribution >= 4 is 29.4 Å². The largest absolute Gasteiger partial charge is 0.368 e. The zero-order chi connectivity index (χ0) is 15.0. The monoisotopic (exact) mass is 298 g/mol. The summed E-state index contributed by atoms with van der Waals surface area (Å²) in [6.45, 7) is -0.231. The van der Waals surface area contributed by atoms with Crippen LogP contribution in [0.2, 0.25) is 5.02 Å². The summed E-state index contributed by atoms with van der Waals surface area (Å²) in [5.74, 6) is -1.04. The third kappa shape index (κ3) is 6.05. The highest BCUT2D eigenvalue weighted by molar-refractivity contribution is 6.31. The van der Waals surface area contributed by atoms with Crippen LogP contribution < -0.4 is 21.7 Å². The molecule has 0 saturated carbocycles. The predicted molar refractivity (Wildman–Crippen MR) is 73.9 cm³/mol. The highest BCUT2D eigenvalue weighted by Gasteiger charge is 2.06. The minimum Gasteiger partial charge on any atom is -0.368 e. The molecule has 1 aromatic rings. The molecule has 0 bridgehead atoms. The SMILES string of the molecule is NC(=O)CNC(=O)NCC(=O)NCc1ccccc1Cl. The number of hydrogen-bond acceptors (Lipinski definition) is 3. The molecule has 5 N–H and O–H groups in total. The van der Waals surface area contributed by atoms with Crippen LogP contribution in [0.25, 0.3) is 0 Å². The van der Waals surface area contributed by atoms with Gasteiger partial charge in [0.2, 0.25) is 11.8 Å². The van der Waals surface area contributed by atoms with Gasteiger partial charge in [0.25, 0.3) is 0 Å². The molecule has 0 unspecified atom stereocenters. The van der Waals surface area contributed by atoms with Gasteiger partial charge in [-0.3, -0.25) is 9.59 Å². The number of rotatable bonds is 6. The summed E-state index contributed by atoms with van der Waals surface area (Å²) in [7, 11) is 0. The number of amides is 4. The maximum absolute atomic E-state index is 11.5. The third-order valence-electron chi connectivity index (χ3n) is 2.27. The van der Waals surface area contributed by atoms with Crippen LogP contribution in [-0.4, -0.2) is 30.9 Å².